The molecule has 2 aromatic heterocycles. The van der Waals surface area contributed by atoms with Gasteiger partial charge in [-0.1, -0.05) is 0 Å². The molecule has 0 unspecified atom stereocenters. The maximum atomic E-state index is 11.7. The third kappa shape index (κ3) is 2.21. The quantitative estimate of drug-likeness (QED) is 0.741. The van der Waals surface area contributed by atoms with Gasteiger partial charge in [0.1, 0.15) is 5.82 Å². The van der Waals surface area contributed by atoms with Crippen LogP contribution in [0.1, 0.15) is 10.5 Å². The van der Waals surface area contributed by atoms with Crippen LogP contribution in [-0.2, 0) is 0 Å². The van der Waals surface area contributed by atoms with Crippen LogP contribution in [0.5, 0.6) is 0 Å². The van der Waals surface area contributed by atoms with Crippen LogP contribution < -0.4 is 11.5 Å². The molecule has 0 fully saturated rings. The lowest BCUT2D eigenvalue weighted by atomic mass is 10.4. The fraction of sp³-hybridized carbons (Fsp3) is 0.200. The Kier molecular flexibility index (Phi) is 2.84. The zero-order chi connectivity index (χ0) is 13.3. The average molecular weight is 247 g/mol. The minimum Gasteiger partial charge on any atom is -0.383 e. The number of hydrogen-bond donors (Lipinski definition) is 2. The molecule has 2 heterocycles. The van der Waals surface area contributed by atoms with Crippen LogP contribution in [0.25, 0.3) is 5.82 Å². The summed E-state index contributed by atoms with van der Waals surface area (Å²) in [5.41, 5.74) is 11.4. The molecule has 0 aliphatic heterocycles. The molecule has 0 aromatic carbocycles. The van der Waals surface area contributed by atoms with E-state index in [9.17, 15) is 4.79 Å². The Morgan fingerprint density at radius 3 is 2.67 bits per heavy atom. The summed E-state index contributed by atoms with van der Waals surface area (Å²) in [5, 5.41) is 4.11. The SMILES string of the molecule is CN(C)C(=O)c1ccn(-c2cc(N)nc(N)n2)n1. The Labute approximate surface area is 103 Å². The minimum atomic E-state index is -0.191. The number of nitrogen functional groups attached to an aromatic ring is 2. The van der Waals surface area contributed by atoms with Crippen molar-refractivity contribution in [3.63, 3.8) is 0 Å². The average Bonchev–Trinajstić information content (AvgIpc) is 2.75. The van der Waals surface area contributed by atoms with Gasteiger partial charge in [0.25, 0.3) is 5.91 Å². The first kappa shape index (κ1) is 11.8. The molecule has 0 atom stereocenters. The molecule has 4 N–H and O–H groups in total. The van der Waals surface area contributed by atoms with Gasteiger partial charge in [-0.25, -0.2) is 4.68 Å². The van der Waals surface area contributed by atoms with Crippen LogP contribution in [0.15, 0.2) is 18.3 Å². The van der Waals surface area contributed by atoms with Gasteiger partial charge in [0.2, 0.25) is 5.95 Å². The summed E-state index contributed by atoms with van der Waals surface area (Å²) in [6.07, 6.45) is 1.61. The van der Waals surface area contributed by atoms with E-state index in [0.717, 1.165) is 0 Å². The van der Waals surface area contributed by atoms with Crippen LogP contribution in [0, 0.1) is 0 Å². The summed E-state index contributed by atoms with van der Waals surface area (Å²) in [4.78, 5) is 20.9. The lowest BCUT2D eigenvalue weighted by Crippen LogP contribution is -2.22. The molecule has 2 aromatic rings. The second-order valence-corrected chi connectivity index (χ2v) is 3.85. The minimum absolute atomic E-state index is 0.0565. The standard InChI is InChI=1S/C10H13N7O/c1-16(2)9(18)6-3-4-17(15-6)8-5-7(11)13-10(12)14-8/h3-5H,1-2H3,(H4,11,12,13,14). The molecule has 18 heavy (non-hydrogen) atoms. The number of hydrogen-bond acceptors (Lipinski definition) is 6. The monoisotopic (exact) mass is 247 g/mol. The van der Waals surface area contributed by atoms with E-state index < -0.39 is 0 Å². The van der Waals surface area contributed by atoms with Gasteiger partial charge >= 0.3 is 0 Å². The number of rotatable bonds is 2. The highest BCUT2D eigenvalue weighted by molar-refractivity contribution is 5.91. The Hall–Kier alpha value is -2.64. The number of nitrogens with zero attached hydrogens (tertiary/aromatic N) is 5. The van der Waals surface area contributed by atoms with E-state index in [-0.39, 0.29) is 17.7 Å². The summed E-state index contributed by atoms with van der Waals surface area (Å²) < 4.78 is 1.42. The summed E-state index contributed by atoms with van der Waals surface area (Å²) in [6, 6.07) is 3.12. The van der Waals surface area contributed by atoms with E-state index >= 15 is 0 Å². The van der Waals surface area contributed by atoms with Crippen LogP contribution in [-0.4, -0.2) is 44.7 Å². The molecule has 1 amide bonds. The second kappa shape index (κ2) is 4.32. The van der Waals surface area contributed by atoms with Crippen molar-refractivity contribution < 1.29 is 4.79 Å². The van der Waals surface area contributed by atoms with Gasteiger partial charge in [0.05, 0.1) is 0 Å². The van der Waals surface area contributed by atoms with Gasteiger partial charge in [-0.15, -0.1) is 0 Å². The maximum Gasteiger partial charge on any atom is 0.273 e. The Morgan fingerprint density at radius 2 is 2.06 bits per heavy atom. The zero-order valence-corrected chi connectivity index (χ0v) is 10.0. The van der Waals surface area contributed by atoms with Crippen molar-refractivity contribution in [2.45, 2.75) is 0 Å². The number of carbonyl (C=O) groups excluding carboxylic acids is 1. The molecule has 94 valence electrons. The van der Waals surface area contributed by atoms with Crippen LogP contribution in [0.4, 0.5) is 11.8 Å². The number of aromatic nitrogens is 4. The molecular formula is C10H13N7O. The number of anilines is 2. The maximum absolute atomic E-state index is 11.7. The fourth-order valence-corrected chi connectivity index (χ4v) is 1.38. The number of amides is 1. The Bertz CT molecular complexity index is 569. The topological polar surface area (TPSA) is 116 Å². The molecule has 0 bridgehead atoms. The van der Waals surface area contributed by atoms with Gasteiger partial charge in [0.15, 0.2) is 11.5 Å². The van der Waals surface area contributed by atoms with Crippen molar-refractivity contribution in [1.29, 1.82) is 0 Å². The smallest absolute Gasteiger partial charge is 0.273 e. The molecule has 0 saturated carbocycles. The summed E-state index contributed by atoms with van der Waals surface area (Å²) in [5.74, 6) is 0.524. The second-order valence-electron chi connectivity index (χ2n) is 3.85. The molecule has 0 saturated heterocycles. The van der Waals surface area contributed by atoms with Crippen LogP contribution in [0.3, 0.4) is 0 Å². The fourth-order valence-electron chi connectivity index (χ4n) is 1.38. The molecule has 0 aliphatic carbocycles. The van der Waals surface area contributed by atoms with E-state index in [4.69, 9.17) is 11.5 Å². The van der Waals surface area contributed by atoms with Gasteiger partial charge in [-0.2, -0.15) is 15.1 Å². The van der Waals surface area contributed by atoms with Gasteiger partial charge in [-0.05, 0) is 6.07 Å². The molecule has 8 heteroatoms. The van der Waals surface area contributed by atoms with Crippen molar-refractivity contribution in [2.24, 2.45) is 0 Å². The van der Waals surface area contributed by atoms with E-state index in [1.807, 2.05) is 0 Å². The molecule has 8 nitrogen and oxygen atoms in total. The third-order valence-corrected chi connectivity index (χ3v) is 2.20. The van der Waals surface area contributed by atoms with Gasteiger partial charge < -0.3 is 16.4 Å². The molecule has 0 spiro atoms. The van der Waals surface area contributed by atoms with Crippen molar-refractivity contribution in [2.75, 3.05) is 25.6 Å². The first-order valence-corrected chi connectivity index (χ1v) is 5.15. The number of nitrogens with two attached hydrogens (primary N) is 2. The van der Waals surface area contributed by atoms with Crippen molar-refractivity contribution in [1.82, 2.24) is 24.6 Å². The first-order valence-electron chi connectivity index (χ1n) is 5.15. The zero-order valence-electron chi connectivity index (χ0n) is 10.0. The molecule has 0 aliphatic rings. The normalized spacial score (nSPS) is 10.3. The summed E-state index contributed by atoms with van der Waals surface area (Å²) in [6.45, 7) is 0. The highest BCUT2D eigenvalue weighted by Crippen LogP contribution is 2.10. The van der Waals surface area contributed by atoms with E-state index in [1.54, 1.807) is 26.4 Å². The lowest BCUT2D eigenvalue weighted by molar-refractivity contribution is 0.0821. The van der Waals surface area contributed by atoms with Gasteiger partial charge in [0, 0.05) is 26.4 Å². The highest BCUT2D eigenvalue weighted by Gasteiger charge is 2.12. The summed E-state index contributed by atoms with van der Waals surface area (Å²) in [7, 11) is 3.31. The van der Waals surface area contributed by atoms with E-state index in [0.29, 0.717) is 11.5 Å². The largest absolute Gasteiger partial charge is 0.383 e. The third-order valence-electron chi connectivity index (χ3n) is 2.20. The van der Waals surface area contributed by atoms with Crippen molar-refractivity contribution in [3.05, 3.63) is 24.0 Å². The molecular weight excluding hydrogens is 234 g/mol. The Morgan fingerprint density at radius 1 is 1.33 bits per heavy atom. The Balaban J connectivity index is 2.38. The lowest BCUT2D eigenvalue weighted by Gasteiger charge is -2.07. The van der Waals surface area contributed by atoms with E-state index in [1.165, 1.54) is 15.6 Å². The van der Waals surface area contributed by atoms with Crippen molar-refractivity contribution >= 4 is 17.7 Å². The number of carbonyl (C=O) groups is 1. The highest BCUT2D eigenvalue weighted by atomic mass is 16.2. The molecule has 0 radical (unpaired) electrons. The predicted molar refractivity (Wildman–Crippen MR) is 66.0 cm³/mol. The first-order chi connectivity index (χ1) is 8.47. The van der Waals surface area contributed by atoms with Crippen LogP contribution >= 0.6 is 0 Å². The van der Waals surface area contributed by atoms with Gasteiger partial charge in [-0.3, -0.25) is 4.79 Å². The van der Waals surface area contributed by atoms with Crippen LogP contribution in [0.2, 0.25) is 0 Å². The summed E-state index contributed by atoms with van der Waals surface area (Å²) >= 11 is 0. The van der Waals surface area contributed by atoms with E-state index in [2.05, 4.69) is 15.1 Å². The predicted octanol–water partition coefficient (Wildman–Crippen LogP) is -0.471. The molecule has 2 rings (SSSR count). The van der Waals surface area contributed by atoms with Crippen molar-refractivity contribution in [3.8, 4) is 5.82 Å².